The lowest BCUT2D eigenvalue weighted by Crippen LogP contribution is -2.12. The number of rotatable bonds is 4. The van der Waals surface area contributed by atoms with Gasteiger partial charge in [-0.05, 0) is 68.5 Å². The molecule has 162 valence electrons. The number of hydrogen-bond acceptors (Lipinski definition) is 3. The Bertz CT molecular complexity index is 1330. The highest BCUT2D eigenvalue weighted by Crippen LogP contribution is 2.38. The number of aromatic nitrogens is 2. The maximum atomic E-state index is 13.0. The number of nitrogens with one attached hydrogen (secondary N) is 1. The lowest BCUT2D eigenvalue weighted by molar-refractivity contribution is 0.0994. The first-order valence-electron chi connectivity index (χ1n) is 11.0. The highest BCUT2D eigenvalue weighted by atomic mass is 16.4. The normalized spacial score (nSPS) is 12.4. The molecule has 0 saturated carbocycles. The van der Waals surface area contributed by atoms with Crippen molar-refractivity contribution in [1.29, 1.82) is 0 Å². The van der Waals surface area contributed by atoms with Crippen LogP contribution in [0, 0.1) is 27.7 Å². The summed E-state index contributed by atoms with van der Waals surface area (Å²) in [5.41, 5.74) is 9.53. The van der Waals surface area contributed by atoms with Gasteiger partial charge in [0.25, 0.3) is 5.91 Å². The van der Waals surface area contributed by atoms with Crippen LogP contribution in [0.1, 0.15) is 49.7 Å². The molecule has 1 aliphatic carbocycles. The second-order valence-corrected chi connectivity index (χ2v) is 8.79. The zero-order valence-electron chi connectivity index (χ0n) is 19.0. The minimum Gasteiger partial charge on any atom is -0.455 e. The van der Waals surface area contributed by atoms with Gasteiger partial charge in [-0.2, -0.15) is 5.10 Å². The van der Waals surface area contributed by atoms with Gasteiger partial charge in [0, 0.05) is 29.4 Å². The molecule has 2 heterocycles. The standard InChI is InChI=1S/C27H27N3O2/c1-16-5-8-20(9-6-16)14-30-15-21-10-12-23-24(25(21)29-30)19(4)26(32-23)27(31)28-22-11-7-17(2)18(3)13-22/h5-9,11,13,15H,10,12,14H2,1-4H3,(H,28,31). The number of benzene rings is 2. The fourth-order valence-corrected chi connectivity index (χ4v) is 4.35. The van der Waals surface area contributed by atoms with E-state index in [9.17, 15) is 4.79 Å². The lowest BCUT2D eigenvalue weighted by Gasteiger charge is -2.09. The third-order valence-electron chi connectivity index (χ3n) is 6.35. The molecule has 1 amide bonds. The number of carbonyl (C=O) groups is 1. The molecule has 32 heavy (non-hydrogen) atoms. The van der Waals surface area contributed by atoms with Crippen molar-refractivity contribution in [2.75, 3.05) is 5.32 Å². The van der Waals surface area contributed by atoms with Gasteiger partial charge in [-0.1, -0.05) is 35.9 Å². The summed E-state index contributed by atoms with van der Waals surface area (Å²) in [4.78, 5) is 13.0. The summed E-state index contributed by atoms with van der Waals surface area (Å²) in [7, 11) is 0. The zero-order chi connectivity index (χ0) is 22.4. The largest absolute Gasteiger partial charge is 0.455 e. The Hall–Kier alpha value is -3.60. The first-order chi connectivity index (χ1) is 15.4. The van der Waals surface area contributed by atoms with Crippen molar-refractivity contribution in [3.05, 3.63) is 93.6 Å². The van der Waals surface area contributed by atoms with Gasteiger partial charge in [-0.25, -0.2) is 0 Å². The third-order valence-corrected chi connectivity index (χ3v) is 6.35. The van der Waals surface area contributed by atoms with Gasteiger partial charge >= 0.3 is 0 Å². The number of fused-ring (bicyclic) bond motifs is 3. The highest BCUT2D eigenvalue weighted by molar-refractivity contribution is 6.04. The van der Waals surface area contributed by atoms with Gasteiger partial charge in [0.2, 0.25) is 0 Å². The van der Waals surface area contributed by atoms with Crippen molar-refractivity contribution in [3.8, 4) is 11.3 Å². The maximum Gasteiger partial charge on any atom is 0.291 e. The molecule has 0 atom stereocenters. The van der Waals surface area contributed by atoms with E-state index in [1.165, 1.54) is 22.3 Å². The van der Waals surface area contributed by atoms with Crippen molar-refractivity contribution < 1.29 is 9.21 Å². The van der Waals surface area contributed by atoms with E-state index < -0.39 is 0 Å². The number of aryl methyl sites for hydroxylation is 5. The smallest absolute Gasteiger partial charge is 0.291 e. The molecule has 0 saturated heterocycles. The van der Waals surface area contributed by atoms with E-state index in [4.69, 9.17) is 9.52 Å². The maximum absolute atomic E-state index is 13.0. The van der Waals surface area contributed by atoms with Crippen molar-refractivity contribution in [2.24, 2.45) is 0 Å². The van der Waals surface area contributed by atoms with E-state index >= 15 is 0 Å². The Morgan fingerprint density at radius 1 is 1.03 bits per heavy atom. The summed E-state index contributed by atoms with van der Waals surface area (Å²) >= 11 is 0. The molecule has 0 bridgehead atoms. The second-order valence-electron chi connectivity index (χ2n) is 8.79. The minimum atomic E-state index is -0.221. The summed E-state index contributed by atoms with van der Waals surface area (Å²) in [6.45, 7) is 8.86. The van der Waals surface area contributed by atoms with Gasteiger partial charge in [-0.3, -0.25) is 9.48 Å². The van der Waals surface area contributed by atoms with Crippen LogP contribution in [0.15, 0.2) is 53.1 Å². The molecule has 0 radical (unpaired) electrons. The molecule has 5 heteroatoms. The summed E-state index contributed by atoms with van der Waals surface area (Å²) in [5, 5.41) is 7.86. The SMILES string of the molecule is Cc1ccc(Cn2cc3c(n2)-c2c(oc(C(=O)Nc4ccc(C)c(C)c4)c2C)CC3)cc1. The van der Waals surface area contributed by atoms with E-state index in [-0.39, 0.29) is 5.91 Å². The topological polar surface area (TPSA) is 60.1 Å². The average Bonchev–Trinajstić information content (AvgIpc) is 3.32. The number of nitrogens with zero attached hydrogens (tertiary/aromatic N) is 2. The van der Waals surface area contributed by atoms with E-state index in [1.54, 1.807) is 0 Å². The average molecular weight is 426 g/mol. The molecular weight excluding hydrogens is 398 g/mol. The van der Waals surface area contributed by atoms with Crippen molar-refractivity contribution in [3.63, 3.8) is 0 Å². The molecule has 5 rings (SSSR count). The number of furan rings is 1. The van der Waals surface area contributed by atoms with E-state index in [2.05, 4.69) is 49.6 Å². The Morgan fingerprint density at radius 3 is 2.56 bits per heavy atom. The van der Waals surface area contributed by atoms with E-state index in [0.29, 0.717) is 5.76 Å². The van der Waals surface area contributed by atoms with Crippen LogP contribution in [-0.2, 0) is 19.4 Å². The summed E-state index contributed by atoms with van der Waals surface area (Å²) in [6, 6.07) is 14.4. The monoisotopic (exact) mass is 425 g/mol. The molecule has 5 nitrogen and oxygen atoms in total. The van der Waals surface area contributed by atoms with Gasteiger partial charge in [0.05, 0.1) is 12.2 Å². The highest BCUT2D eigenvalue weighted by Gasteiger charge is 2.29. The molecule has 0 aliphatic heterocycles. The van der Waals surface area contributed by atoms with Crippen molar-refractivity contribution in [1.82, 2.24) is 9.78 Å². The number of hydrogen-bond donors (Lipinski definition) is 1. The fourth-order valence-electron chi connectivity index (χ4n) is 4.35. The van der Waals surface area contributed by atoms with Crippen LogP contribution in [0.25, 0.3) is 11.3 Å². The van der Waals surface area contributed by atoms with E-state index in [1.807, 2.05) is 36.7 Å². The molecule has 2 aromatic carbocycles. The quantitative estimate of drug-likeness (QED) is 0.451. The molecule has 2 aromatic heterocycles. The van der Waals surface area contributed by atoms with Crippen LogP contribution in [0.3, 0.4) is 0 Å². The Morgan fingerprint density at radius 2 is 1.81 bits per heavy atom. The van der Waals surface area contributed by atoms with E-state index in [0.717, 1.165) is 53.2 Å². The van der Waals surface area contributed by atoms with Crippen LogP contribution in [0.2, 0.25) is 0 Å². The number of carbonyl (C=O) groups excluding carboxylic acids is 1. The summed E-state index contributed by atoms with van der Waals surface area (Å²) in [6.07, 6.45) is 3.76. The van der Waals surface area contributed by atoms with Gasteiger partial charge in [-0.15, -0.1) is 0 Å². The molecule has 0 fully saturated rings. The number of amides is 1. The molecule has 0 unspecified atom stereocenters. The Labute approximate surface area is 188 Å². The molecule has 4 aromatic rings. The summed E-state index contributed by atoms with van der Waals surface area (Å²) in [5.74, 6) is 0.996. The van der Waals surface area contributed by atoms with Crippen LogP contribution in [-0.4, -0.2) is 15.7 Å². The first-order valence-corrected chi connectivity index (χ1v) is 11.0. The third kappa shape index (κ3) is 3.64. The minimum absolute atomic E-state index is 0.221. The van der Waals surface area contributed by atoms with Crippen molar-refractivity contribution in [2.45, 2.75) is 47.1 Å². The van der Waals surface area contributed by atoms with Gasteiger partial charge < -0.3 is 9.73 Å². The summed E-state index contributed by atoms with van der Waals surface area (Å²) < 4.78 is 8.05. The molecular formula is C27H27N3O2. The van der Waals surface area contributed by atoms with Crippen LogP contribution >= 0.6 is 0 Å². The number of anilines is 1. The zero-order valence-corrected chi connectivity index (χ0v) is 19.0. The van der Waals surface area contributed by atoms with Crippen LogP contribution in [0.4, 0.5) is 5.69 Å². The predicted molar refractivity (Wildman–Crippen MR) is 126 cm³/mol. The molecule has 0 spiro atoms. The first kappa shape index (κ1) is 20.3. The fraction of sp³-hybridized carbons (Fsp3) is 0.259. The predicted octanol–water partition coefficient (Wildman–Crippen LogP) is 5.78. The Balaban J connectivity index is 1.43. The molecule has 1 N–H and O–H groups in total. The van der Waals surface area contributed by atoms with Gasteiger partial charge in [0.15, 0.2) is 5.76 Å². The van der Waals surface area contributed by atoms with Gasteiger partial charge in [0.1, 0.15) is 5.76 Å². The molecule has 1 aliphatic rings. The lowest BCUT2D eigenvalue weighted by atomic mass is 9.93. The van der Waals surface area contributed by atoms with Crippen LogP contribution in [0.5, 0.6) is 0 Å². The Kier molecular flexibility index (Phi) is 4.97. The van der Waals surface area contributed by atoms with Crippen LogP contribution < -0.4 is 5.32 Å². The second kappa shape index (κ2) is 7.83. The van der Waals surface area contributed by atoms with Crippen molar-refractivity contribution >= 4 is 11.6 Å².